The van der Waals surface area contributed by atoms with Crippen LogP contribution in [0, 0.1) is 6.92 Å². The van der Waals surface area contributed by atoms with E-state index in [0.29, 0.717) is 0 Å². The summed E-state index contributed by atoms with van der Waals surface area (Å²) in [4.78, 5) is 12.2. The summed E-state index contributed by atoms with van der Waals surface area (Å²) in [5.74, 6) is 0.918. The first-order valence-corrected chi connectivity index (χ1v) is 9.18. The fourth-order valence-electron chi connectivity index (χ4n) is 4.32. The second-order valence-corrected chi connectivity index (χ2v) is 7.07. The Morgan fingerprint density at radius 1 is 0.630 bits per heavy atom. The summed E-state index contributed by atoms with van der Waals surface area (Å²) in [6.07, 6.45) is 0. The Balaban J connectivity index is 1.80. The SMILES string of the molecule is Cc1[nH]c2ccccc2c1-c1nc2c3ccccc3c3ccccc3c2[nH]1. The lowest BCUT2D eigenvalue weighted by Gasteiger charge is -2.05. The van der Waals surface area contributed by atoms with E-state index in [1.165, 1.54) is 26.9 Å². The molecular weight excluding hydrogens is 330 g/mol. The molecule has 2 heterocycles. The summed E-state index contributed by atoms with van der Waals surface area (Å²) in [5.41, 5.74) is 5.55. The smallest absolute Gasteiger partial charge is 0.140 e. The van der Waals surface area contributed by atoms with Crippen LogP contribution in [0.25, 0.3) is 54.9 Å². The van der Waals surface area contributed by atoms with Gasteiger partial charge in [0.15, 0.2) is 0 Å². The fraction of sp³-hybridized carbons (Fsp3) is 0.0417. The van der Waals surface area contributed by atoms with Crippen molar-refractivity contribution in [3.8, 4) is 11.4 Å². The maximum absolute atomic E-state index is 5.07. The van der Waals surface area contributed by atoms with Crippen LogP contribution in [-0.4, -0.2) is 15.0 Å². The molecule has 6 rings (SSSR count). The number of fused-ring (bicyclic) bond motifs is 7. The third kappa shape index (κ3) is 1.94. The fourth-order valence-corrected chi connectivity index (χ4v) is 4.32. The zero-order valence-corrected chi connectivity index (χ0v) is 14.9. The summed E-state index contributed by atoms with van der Waals surface area (Å²) in [5, 5.41) is 6.09. The van der Waals surface area contributed by atoms with Crippen molar-refractivity contribution in [1.29, 1.82) is 0 Å². The van der Waals surface area contributed by atoms with Gasteiger partial charge in [-0.25, -0.2) is 4.98 Å². The molecule has 27 heavy (non-hydrogen) atoms. The van der Waals surface area contributed by atoms with Crippen LogP contribution in [-0.2, 0) is 0 Å². The van der Waals surface area contributed by atoms with E-state index >= 15 is 0 Å². The highest BCUT2D eigenvalue weighted by atomic mass is 14.9. The molecule has 6 aromatic rings. The van der Waals surface area contributed by atoms with E-state index in [1.807, 2.05) is 0 Å². The number of para-hydroxylation sites is 1. The normalized spacial score (nSPS) is 11.9. The lowest BCUT2D eigenvalue weighted by molar-refractivity contribution is 1.26. The van der Waals surface area contributed by atoms with Crippen LogP contribution in [0.4, 0.5) is 0 Å². The van der Waals surface area contributed by atoms with Gasteiger partial charge in [0, 0.05) is 32.9 Å². The molecule has 0 aliphatic rings. The van der Waals surface area contributed by atoms with Crippen LogP contribution < -0.4 is 0 Å². The monoisotopic (exact) mass is 347 g/mol. The number of H-pyrrole nitrogens is 2. The molecule has 0 unspecified atom stereocenters. The molecule has 0 fully saturated rings. The molecule has 0 bridgehead atoms. The Morgan fingerprint density at radius 2 is 1.22 bits per heavy atom. The van der Waals surface area contributed by atoms with E-state index in [9.17, 15) is 0 Å². The van der Waals surface area contributed by atoms with Crippen LogP contribution in [0.2, 0.25) is 0 Å². The van der Waals surface area contributed by atoms with Crippen molar-refractivity contribution < 1.29 is 0 Å². The molecule has 0 aliphatic heterocycles. The maximum atomic E-state index is 5.07. The number of nitrogens with one attached hydrogen (secondary N) is 2. The lowest BCUT2D eigenvalue weighted by atomic mass is 10.0. The van der Waals surface area contributed by atoms with Crippen molar-refractivity contribution in [3.63, 3.8) is 0 Å². The molecule has 0 radical (unpaired) electrons. The summed E-state index contributed by atoms with van der Waals surface area (Å²) >= 11 is 0. The van der Waals surface area contributed by atoms with Crippen molar-refractivity contribution in [3.05, 3.63) is 78.5 Å². The highest BCUT2D eigenvalue weighted by molar-refractivity contribution is 6.23. The predicted molar refractivity (Wildman–Crippen MR) is 113 cm³/mol. The molecule has 0 saturated carbocycles. The highest BCUT2D eigenvalue weighted by Gasteiger charge is 2.17. The molecule has 128 valence electrons. The minimum absolute atomic E-state index is 0.918. The third-order valence-electron chi connectivity index (χ3n) is 5.50. The number of hydrogen-bond donors (Lipinski definition) is 2. The zero-order valence-electron chi connectivity index (χ0n) is 14.9. The Bertz CT molecular complexity index is 1410. The Kier molecular flexibility index (Phi) is 2.81. The summed E-state index contributed by atoms with van der Waals surface area (Å²) in [6.45, 7) is 2.11. The van der Waals surface area contributed by atoms with E-state index in [4.69, 9.17) is 4.98 Å². The van der Waals surface area contributed by atoms with E-state index in [1.54, 1.807) is 0 Å². The number of imidazole rings is 1. The minimum atomic E-state index is 0.918. The van der Waals surface area contributed by atoms with Gasteiger partial charge in [-0.2, -0.15) is 0 Å². The van der Waals surface area contributed by atoms with Crippen molar-refractivity contribution in [2.75, 3.05) is 0 Å². The summed E-state index contributed by atoms with van der Waals surface area (Å²) in [7, 11) is 0. The number of aromatic amines is 2. The topological polar surface area (TPSA) is 44.5 Å². The molecule has 2 aromatic heterocycles. The van der Waals surface area contributed by atoms with Gasteiger partial charge in [-0.05, 0) is 23.8 Å². The molecule has 0 amide bonds. The Labute approximate surface area is 155 Å². The molecule has 3 heteroatoms. The van der Waals surface area contributed by atoms with Gasteiger partial charge < -0.3 is 9.97 Å². The number of benzene rings is 4. The lowest BCUT2D eigenvalue weighted by Crippen LogP contribution is -1.81. The van der Waals surface area contributed by atoms with Crippen molar-refractivity contribution in [2.24, 2.45) is 0 Å². The molecule has 0 atom stereocenters. The molecule has 3 nitrogen and oxygen atoms in total. The van der Waals surface area contributed by atoms with Crippen LogP contribution >= 0.6 is 0 Å². The molecule has 4 aromatic carbocycles. The quantitative estimate of drug-likeness (QED) is 0.336. The van der Waals surface area contributed by atoms with Gasteiger partial charge in [0.05, 0.1) is 11.0 Å². The van der Waals surface area contributed by atoms with Gasteiger partial charge in [0.2, 0.25) is 0 Å². The first-order chi connectivity index (χ1) is 13.3. The van der Waals surface area contributed by atoms with E-state index in [-0.39, 0.29) is 0 Å². The third-order valence-corrected chi connectivity index (χ3v) is 5.50. The average molecular weight is 347 g/mol. The highest BCUT2D eigenvalue weighted by Crippen LogP contribution is 2.37. The van der Waals surface area contributed by atoms with Crippen LogP contribution in [0.3, 0.4) is 0 Å². The second-order valence-electron chi connectivity index (χ2n) is 7.07. The zero-order chi connectivity index (χ0) is 18.0. The van der Waals surface area contributed by atoms with Gasteiger partial charge in [-0.15, -0.1) is 0 Å². The van der Waals surface area contributed by atoms with Crippen LogP contribution in [0.1, 0.15) is 5.69 Å². The van der Waals surface area contributed by atoms with Crippen LogP contribution in [0.5, 0.6) is 0 Å². The number of aryl methyl sites for hydroxylation is 1. The van der Waals surface area contributed by atoms with Gasteiger partial charge in [0.25, 0.3) is 0 Å². The molecular formula is C24H17N3. The van der Waals surface area contributed by atoms with Crippen LogP contribution in [0.15, 0.2) is 72.8 Å². The molecule has 0 saturated heterocycles. The molecule has 2 N–H and O–H groups in total. The largest absolute Gasteiger partial charge is 0.358 e. The van der Waals surface area contributed by atoms with Crippen molar-refractivity contribution in [2.45, 2.75) is 6.92 Å². The van der Waals surface area contributed by atoms with Gasteiger partial charge >= 0.3 is 0 Å². The second kappa shape index (κ2) is 5.21. The Hall–Kier alpha value is -3.59. The Morgan fingerprint density at radius 3 is 2.00 bits per heavy atom. The van der Waals surface area contributed by atoms with Gasteiger partial charge in [-0.1, -0.05) is 66.7 Å². The standard InChI is InChI=1S/C24H17N3/c1-14-21(19-12-6-7-13-20(19)25-14)24-26-22-17-10-4-2-8-15(17)16-9-3-5-11-18(16)23(22)27-24/h2-13,25H,1H3,(H,26,27). The molecule has 0 aliphatic carbocycles. The maximum Gasteiger partial charge on any atom is 0.140 e. The van der Waals surface area contributed by atoms with Gasteiger partial charge in [0.1, 0.15) is 5.82 Å². The molecule has 0 spiro atoms. The predicted octanol–water partition coefficient (Wildman–Crippen LogP) is 6.33. The number of nitrogens with zero attached hydrogens (tertiary/aromatic N) is 1. The van der Waals surface area contributed by atoms with E-state index < -0.39 is 0 Å². The minimum Gasteiger partial charge on any atom is -0.358 e. The number of rotatable bonds is 1. The number of aromatic nitrogens is 3. The number of hydrogen-bond acceptors (Lipinski definition) is 1. The first-order valence-electron chi connectivity index (χ1n) is 9.18. The van der Waals surface area contributed by atoms with Gasteiger partial charge in [-0.3, -0.25) is 0 Å². The first kappa shape index (κ1) is 14.6. The van der Waals surface area contributed by atoms with Crippen molar-refractivity contribution >= 4 is 43.5 Å². The summed E-state index contributed by atoms with van der Waals surface area (Å²) in [6, 6.07) is 25.5. The average Bonchev–Trinajstić information content (AvgIpc) is 3.28. The van der Waals surface area contributed by atoms with Crippen molar-refractivity contribution in [1.82, 2.24) is 15.0 Å². The van der Waals surface area contributed by atoms with E-state index in [2.05, 4.69) is 89.7 Å². The summed E-state index contributed by atoms with van der Waals surface area (Å²) < 4.78 is 0. The van der Waals surface area contributed by atoms with E-state index in [0.717, 1.165) is 33.6 Å².